The Bertz CT molecular complexity index is 436. The number of primary amides is 1. The molecule has 0 unspecified atom stereocenters. The molecule has 104 valence electrons. The van der Waals surface area contributed by atoms with Gasteiger partial charge in [-0.25, -0.2) is 9.59 Å². The van der Waals surface area contributed by atoms with E-state index in [1.54, 1.807) is 12.1 Å². The molecule has 1 aromatic carbocycles. The summed E-state index contributed by atoms with van der Waals surface area (Å²) in [5.41, 5.74) is 4.97. The zero-order valence-electron chi connectivity index (χ0n) is 10.3. The Morgan fingerprint density at radius 1 is 1.26 bits per heavy atom. The predicted octanol–water partition coefficient (Wildman–Crippen LogP) is 0.448. The van der Waals surface area contributed by atoms with Gasteiger partial charge in [-0.05, 0) is 18.2 Å². The lowest BCUT2D eigenvalue weighted by atomic mass is 10.2. The highest BCUT2D eigenvalue weighted by Gasteiger charge is 2.03. The van der Waals surface area contributed by atoms with Gasteiger partial charge < -0.3 is 25.6 Å². The Morgan fingerprint density at radius 3 is 2.68 bits per heavy atom. The van der Waals surface area contributed by atoms with Crippen LogP contribution < -0.4 is 15.8 Å². The number of carboxylic acids is 1. The highest BCUT2D eigenvalue weighted by atomic mass is 16.5. The summed E-state index contributed by atoms with van der Waals surface area (Å²) in [6.07, 6.45) is -0.802. The molecular weight excluding hydrogens is 252 g/mol. The van der Waals surface area contributed by atoms with Crippen LogP contribution in [0.3, 0.4) is 0 Å². The van der Waals surface area contributed by atoms with E-state index in [0.717, 1.165) is 0 Å². The SMILES string of the molecule is NC(=O)OCCNCCOc1cccc(C(=O)O)c1. The van der Waals surface area contributed by atoms with Crippen LogP contribution in [-0.4, -0.2) is 43.5 Å². The molecule has 0 spiro atoms. The number of carbonyl (C=O) groups is 2. The standard InChI is InChI=1S/C12H16N2O5/c13-12(17)19-7-5-14-4-6-18-10-3-1-2-9(8-10)11(15)16/h1-3,8,14H,4-7H2,(H2,13,17)(H,15,16). The summed E-state index contributed by atoms with van der Waals surface area (Å²) in [7, 11) is 0. The van der Waals surface area contributed by atoms with Crippen LogP contribution in [0.15, 0.2) is 24.3 Å². The summed E-state index contributed by atoms with van der Waals surface area (Å²) in [5.74, 6) is -0.498. The zero-order chi connectivity index (χ0) is 14.1. The number of benzene rings is 1. The van der Waals surface area contributed by atoms with Crippen molar-refractivity contribution in [3.05, 3.63) is 29.8 Å². The third kappa shape index (κ3) is 6.27. The summed E-state index contributed by atoms with van der Waals surface area (Å²) in [6.45, 7) is 1.59. The fourth-order valence-electron chi connectivity index (χ4n) is 1.31. The van der Waals surface area contributed by atoms with Gasteiger partial charge in [0, 0.05) is 13.1 Å². The Kier molecular flexibility index (Phi) is 6.17. The van der Waals surface area contributed by atoms with Crippen molar-refractivity contribution < 1.29 is 24.2 Å². The van der Waals surface area contributed by atoms with E-state index in [4.69, 9.17) is 15.6 Å². The maximum atomic E-state index is 10.7. The van der Waals surface area contributed by atoms with Gasteiger partial charge in [0.2, 0.25) is 0 Å². The van der Waals surface area contributed by atoms with Crippen LogP contribution in [0.2, 0.25) is 0 Å². The number of carboxylic acid groups (broad SMARTS) is 1. The Labute approximate surface area is 110 Å². The van der Waals surface area contributed by atoms with Gasteiger partial charge in [0.15, 0.2) is 0 Å². The van der Waals surface area contributed by atoms with Gasteiger partial charge in [0.1, 0.15) is 19.0 Å². The predicted molar refractivity (Wildman–Crippen MR) is 67.3 cm³/mol. The summed E-state index contributed by atoms with van der Waals surface area (Å²) < 4.78 is 9.89. The number of nitrogens with two attached hydrogens (primary N) is 1. The van der Waals surface area contributed by atoms with E-state index in [2.05, 4.69) is 10.1 Å². The van der Waals surface area contributed by atoms with E-state index < -0.39 is 12.1 Å². The van der Waals surface area contributed by atoms with Gasteiger partial charge in [0.25, 0.3) is 0 Å². The van der Waals surface area contributed by atoms with Crippen LogP contribution in [0.25, 0.3) is 0 Å². The molecule has 19 heavy (non-hydrogen) atoms. The molecule has 0 aromatic heterocycles. The van der Waals surface area contributed by atoms with E-state index >= 15 is 0 Å². The van der Waals surface area contributed by atoms with Crippen molar-refractivity contribution in [1.29, 1.82) is 0 Å². The van der Waals surface area contributed by atoms with Crippen molar-refractivity contribution in [1.82, 2.24) is 5.32 Å². The number of rotatable bonds is 8. The topological polar surface area (TPSA) is 111 Å². The van der Waals surface area contributed by atoms with Gasteiger partial charge >= 0.3 is 12.1 Å². The molecule has 0 atom stereocenters. The van der Waals surface area contributed by atoms with Gasteiger partial charge in [-0.3, -0.25) is 0 Å². The third-order valence-electron chi connectivity index (χ3n) is 2.15. The van der Waals surface area contributed by atoms with Crippen LogP contribution >= 0.6 is 0 Å². The molecule has 0 bridgehead atoms. The molecule has 4 N–H and O–H groups in total. The van der Waals surface area contributed by atoms with Crippen molar-refractivity contribution in [2.45, 2.75) is 0 Å². The van der Waals surface area contributed by atoms with Crippen molar-refractivity contribution in [2.24, 2.45) is 5.73 Å². The van der Waals surface area contributed by atoms with E-state index in [1.165, 1.54) is 12.1 Å². The number of aromatic carboxylic acids is 1. The average molecular weight is 268 g/mol. The summed E-state index contributed by atoms with van der Waals surface area (Å²) in [6, 6.07) is 6.25. The summed E-state index contributed by atoms with van der Waals surface area (Å²) in [5, 5.41) is 11.8. The average Bonchev–Trinajstić information content (AvgIpc) is 2.37. The summed E-state index contributed by atoms with van der Waals surface area (Å²) >= 11 is 0. The Balaban J connectivity index is 2.17. The minimum atomic E-state index is -0.993. The molecule has 1 aromatic rings. The van der Waals surface area contributed by atoms with Crippen molar-refractivity contribution >= 4 is 12.1 Å². The van der Waals surface area contributed by atoms with E-state index in [9.17, 15) is 9.59 Å². The maximum Gasteiger partial charge on any atom is 0.404 e. The molecule has 0 saturated carbocycles. The van der Waals surface area contributed by atoms with Crippen molar-refractivity contribution in [3.8, 4) is 5.75 Å². The number of nitrogens with one attached hydrogen (secondary N) is 1. The Hall–Kier alpha value is -2.28. The van der Waals surface area contributed by atoms with Crippen molar-refractivity contribution in [2.75, 3.05) is 26.3 Å². The third-order valence-corrected chi connectivity index (χ3v) is 2.15. The fourth-order valence-corrected chi connectivity index (χ4v) is 1.31. The highest BCUT2D eigenvalue weighted by molar-refractivity contribution is 5.87. The number of ether oxygens (including phenoxy) is 2. The maximum absolute atomic E-state index is 10.7. The first-order valence-electron chi connectivity index (χ1n) is 5.68. The lowest BCUT2D eigenvalue weighted by Crippen LogP contribution is -2.27. The molecule has 0 aliphatic carbocycles. The zero-order valence-corrected chi connectivity index (χ0v) is 10.3. The Morgan fingerprint density at radius 2 is 2.00 bits per heavy atom. The lowest BCUT2D eigenvalue weighted by molar-refractivity contribution is 0.0696. The number of hydrogen-bond acceptors (Lipinski definition) is 5. The molecule has 0 heterocycles. The largest absolute Gasteiger partial charge is 0.492 e. The minimum absolute atomic E-state index is 0.181. The van der Waals surface area contributed by atoms with Gasteiger partial charge in [-0.2, -0.15) is 0 Å². The lowest BCUT2D eigenvalue weighted by Gasteiger charge is -2.08. The first kappa shape index (κ1) is 14.8. The second-order valence-corrected chi connectivity index (χ2v) is 3.60. The van der Waals surface area contributed by atoms with Gasteiger partial charge in [0.05, 0.1) is 5.56 Å². The smallest absolute Gasteiger partial charge is 0.404 e. The van der Waals surface area contributed by atoms with E-state index in [0.29, 0.717) is 25.4 Å². The molecule has 0 aliphatic heterocycles. The molecule has 1 amide bonds. The molecule has 0 aliphatic rings. The second kappa shape index (κ2) is 7.93. The first-order valence-corrected chi connectivity index (χ1v) is 5.68. The first-order chi connectivity index (χ1) is 9.09. The molecular formula is C12H16N2O5. The number of carbonyl (C=O) groups excluding carboxylic acids is 1. The minimum Gasteiger partial charge on any atom is -0.492 e. The molecule has 0 saturated heterocycles. The van der Waals surface area contributed by atoms with E-state index in [1.807, 2.05) is 0 Å². The molecule has 1 rings (SSSR count). The van der Waals surface area contributed by atoms with Gasteiger partial charge in [-0.15, -0.1) is 0 Å². The van der Waals surface area contributed by atoms with Gasteiger partial charge in [-0.1, -0.05) is 6.07 Å². The normalized spacial score (nSPS) is 9.89. The monoisotopic (exact) mass is 268 g/mol. The highest BCUT2D eigenvalue weighted by Crippen LogP contribution is 2.12. The molecule has 0 fully saturated rings. The number of amides is 1. The van der Waals surface area contributed by atoms with Crippen LogP contribution in [0.4, 0.5) is 4.79 Å². The quantitative estimate of drug-likeness (QED) is 0.590. The fraction of sp³-hybridized carbons (Fsp3) is 0.333. The molecule has 7 heteroatoms. The van der Waals surface area contributed by atoms with E-state index in [-0.39, 0.29) is 12.2 Å². The van der Waals surface area contributed by atoms with Crippen LogP contribution in [0, 0.1) is 0 Å². The van der Waals surface area contributed by atoms with Crippen LogP contribution in [0.1, 0.15) is 10.4 Å². The molecule has 7 nitrogen and oxygen atoms in total. The summed E-state index contributed by atoms with van der Waals surface area (Å²) in [4.78, 5) is 21.0. The second-order valence-electron chi connectivity index (χ2n) is 3.60. The van der Waals surface area contributed by atoms with Crippen LogP contribution in [-0.2, 0) is 4.74 Å². The van der Waals surface area contributed by atoms with Crippen molar-refractivity contribution in [3.63, 3.8) is 0 Å². The molecule has 0 radical (unpaired) electrons. The van der Waals surface area contributed by atoms with Crippen LogP contribution in [0.5, 0.6) is 5.75 Å². The number of hydrogen-bond donors (Lipinski definition) is 3.